The Kier molecular flexibility index (Phi) is 4.10. The molecular formula is C15H15N3OS. The Morgan fingerprint density at radius 1 is 1.25 bits per heavy atom. The molecule has 1 heterocycles. The predicted molar refractivity (Wildman–Crippen MR) is 84.0 cm³/mol. The maximum Gasteiger partial charge on any atom is 0.276 e. The van der Waals surface area contributed by atoms with Crippen molar-refractivity contribution in [2.75, 3.05) is 11.9 Å². The van der Waals surface area contributed by atoms with Crippen molar-refractivity contribution in [1.29, 1.82) is 0 Å². The summed E-state index contributed by atoms with van der Waals surface area (Å²) >= 11 is 4.86. The number of aromatic nitrogens is 1. The zero-order chi connectivity index (χ0) is 14.7. The molecule has 4 nitrogen and oxygen atoms in total. The third kappa shape index (κ3) is 2.83. The van der Waals surface area contributed by atoms with Gasteiger partial charge in [0.25, 0.3) is 5.91 Å². The van der Waals surface area contributed by atoms with E-state index in [4.69, 9.17) is 18.0 Å². The van der Waals surface area contributed by atoms with Crippen LogP contribution in [0.1, 0.15) is 21.6 Å². The second-order valence-corrected chi connectivity index (χ2v) is 4.89. The Bertz CT molecular complexity index is 652. The fraction of sp³-hybridized carbons (Fsp3) is 0.133. The van der Waals surface area contributed by atoms with Crippen molar-refractivity contribution >= 4 is 28.8 Å². The van der Waals surface area contributed by atoms with Crippen molar-refractivity contribution in [3.8, 4) is 0 Å². The Hall–Kier alpha value is -2.27. The molecule has 1 aromatic heterocycles. The minimum atomic E-state index is -0.172. The molecule has 0 saturated carbocycles. The van der Waals surface area contributed by atoms with Crippen LogP contribution in [-0.2, 0) is 0 Å². The van der Waals surface area contributed by atoms with Crippen molar-refractivity contribution in [2.45, 2.75) is 6.92 Å². The number of aryl methyl sites for hydroxylation is 1. The van der Waals surface area contributed by atoms with Gasteiger partial charge < -0.3 is 10.6 Å². The average molecular weight is 285 g/mol. The fourth-order valence-electron chi connectivity index (χ4n) is 1.89. The van der Waals surface area contributed by atoms with Crippen molar-refractivity contribution in [2.24, 2.45) is 5.73 Å². The van der Waals surface area contributed by atoms with Crippen LogP contribution in [0.25, 0.3) is 0 Å². The third-order valence-corrected chi connectivity index (χ3v) is 3.28. The van der Waals surface area contributed by atoms with Gasteiger partial charge in [0.1, 0.15) is 10.7 Å². The van der Waals surface area contributed by atoms with Gasteiger partial charge in [0.05, 0.1) is 0 Å². The van der Waals surface area contributed by atoms with E-state index in [0.717, 1.165) is 11.3 Å². The first-order chi connectivity index (χ1) is 9.50. The third-order valence-electron chi connectivity index (χ3n) is 3.05. The largest absolute Gasteiger partial charge is 0.389 e. The Morgan fingerprint density at radius 2 is 1.95 bits per heavy atom. The molecule has 1 aromatic carbocycles. The molecule has 2 N–H and O–H groups in total. The van der Waals surface area contributed by atoms with E-state index in [0.29, 0.717) is 11.3 Å². The molecular weight excluding hydrogens is 270 g/mol. The van der Waals surface area contributed by atoms with Crippen molar-refractivity contribution in [3.05, 3.63) is 59.4 Å². The van der Waals surface area contributed by atoms with Crippen LogP contribution in [0, 0.1) is 6.92 Å². The first kappa shape index (κ1) is 14.1. The van der Waals surface area contributed by atoms with E-state index < -0.39 is 0 Å². The summed E-state index contributed by atoms with van der Waals surface area (Å²) in [6.07, 6.45) is 1.52. The van der Waals surface area contributed by atoms with Gasteiger partial charge in [-0.05, 0) is 30.7 Å². The number of rotatable bonds is 3. The maximum atomic E-state index is 12.4. The monoisotopic (exact) mass is 285 g/mol. The zero-order valence-electron chi connectivity index (χ0n) is 11.3. The standard InChI is InChI=1S/C15H15N3OS/c1-10-5-3-4-6-13(10)18(2)15(19)12-8-7-11(9-17-12)14(16)20/h3-9H,1-2H3,(H2,16,20). The number of thiocarbonyl (C=S) groups is 1. The Morgan fingerprint density at radius 3 is 2.50 bits per heavy atom. The quantitative estimate of drug-likeness (QED) is 0.879. The lowest BCUT2D eigenvalue weighted by Crippen LogP contribution is -2.27. The van der Waals surface area contributed by atoms with E-state index in [1.807, 2.05) is 31.2 Å². The van der Waals surface area contributed by atoms with Crippen LogP contribution in [0.2, 0.25) is 0 Å². The van der Waals surface area contributed by atoms with Crippen LogP contribution in [0.15, 0.2) is 42.6 Å². The highest BCUT2D eigenvalue weighted by Gasteiger charge is 2.16. The van der Waals surface area contributed by atoms with Gasteiger partial charge in [-0.3, -0.25) is 9.78 Å². The van der Waals surface area contributed by atoms with Gasteiger partial charge >= 0.3 is 0 Å². The SMILES string of the molecule is Cc1ccccc1N(C)C(=O)c1ccc(C(N)=S)cn1. The summed E-state index contributed by atoms with van der Waals surface area (Å²) in [4.78, 5) is 18.3. The minimum Gasteiger partial charge on any atom is -0.389 e. The molecule has 5 heteroatoms. The molecule has 0 aliphatic heterocycles. The van der Waals surface area contributed by atoms with E-state index in [1.54, 1.807) is 24.1 Å². The van der Waals surface area contributed by atoms with Crippen LogP contribution < -0.4 is 10.6 Å². The highest BCUT2D eigenvalue weighted by atomic mass is 32.1. The van der Waals surface area contributed by atoms with Crippen LogP contribution in [0.5, 0.6) is 0 Å². The first-order valence-corrected chi connectivity index (χ1v) is 6.51. The molecule has 2 rings (SSSR count). The van der Waals surface area contributed by atoms with E-state index in [9.17, 15) is 4.79 Å². The molecule has 102 valence electrons. The molecule has 20 heavy (non-hydrogen) atoms. The molecule has 0 unspecified atom stereocenters. The molecule has 0 aliphatic carbocycles. The molecule has 0 saturated heterocycles. The number of carbonyl (C=O) groups is 1. The summed E-state index contributed by atoms with van der Waals surface area (Å²) in [6.45, 7) is 1.96. The van der Waals surface area contributed by atoms with Crippen molar-refractivity contribution in [1.82, 2.24) is 4.98 Å². The first-order valence-electron chi connectivity index (χ1n) is 6.10. The predicted octanol–water partition coefficient (Wildman–Crippen LogP) is 2.30. The average Bonchev–Trinajstić information content (AvgIpc) is 2.46. The number of anilines is 1. The molecule has 1 amide bonds. The number of nitrogens with zero attached hydrogens (tertiary/aromatic N) is 2. The molecule has 0 spiro atoms. The second kappa shape index (κ2) is 5.79. The van der Waals surface area contributed by atoms with Gasteiger partial charge in [-0.2, -0.15) is 0 Å². The lowest BCUT2D eigenvalue weighted by Gasteiger charge is -2.19. The van der Waals surface area contributed by atoms with Gasteiger partial charge in [0.2, 0.25) is 0 Å². The summed E-state index contributed by atoms with van der Waals surface area (Å²) < 4.78 is 0. The van der Waals surface area contributed by atoms with Gasteiger partial charge in [-0.25, -0.2) is 0 Å². The number of hydrogen-bond donors (Lipinski definition) is 1. The van der Waals surface area contributed by atoms with E-state index in [-0.39, 0.29) is 10.9 Å². The Balaban J connectivity index is 2.27. The van der Waals surface area contributed by atoms with Crippen LogP contribution in [0.4, 0.5) is 5.69 Å². The molecule has 0 aliphatic rings. The summed E-state index contributed by atoms with van der Waals surface area (Å²) in [7, 11) is 1.73. The number of carbonyl (C=O) groups excluding carboxylic acids is 1. The number of para-hydroxylation sites is 1. The fourth-order valence-corrected chi connectivity index (χ4v) is 2.01. The van der Waals surface area contributed by atoms with E-state index in [1.165, 1.54) is 6.20 Å². The smallest absolute Gasteiger partial charge is 0.276 e. The lowest BCUT2D eigenvalue weighted by molar-refractivity contribution is 0.0988. The number of nitrogens with two attached hydrogens (primary N) is 1. The molecule has 0 radical (unpaired) electrons. The molecule has 0 fully saturated rings. The summed E-state index contributed by atoms with van der Waals surface area (Å²) in [5.74, 6) is -0.172. The summed E-state index contributed by atoms with van der Waals surface area (Å²) in [6, 6.07) is 11.0. The Labute approximate surface area is 123 Å². The minimum absolute atomic E-state index is 0.172. The van der Waals surface area contributed by atoms with Crippen LogP contribution in [0.3, 0.4) is 0 Å². The van der Waals surface area contributed by atoms with Crippen molar-refractivity contribution < 1.29 is 4.79 Å². The number of amides is 1. The summed E-state index contributed by atoms with van der Waals surface area (Å²) in [5, 5.41) is 0. The van der Waals surface area contributed by atoms with Crippen molar-refractivity contribution in [3.63, 3.8) is 0 Å². The zero-order valence-corrected chi connectivity index (χ0v) is 12.1. The molecule has 2 aromatic rings. The normalized spacial score (nSPS) is 10.1. The van der Waals surface area contributed by atoms with Gasteiger partial charge in [-0.1, -0.05) is 30.4 Å². The topological polar surface area (TPSA) is 59.2 Å². The van der Waals surface area contributed by atoms with Gasteiger partial charge in [0.15, 0.2) is 0 Å². The molecule has 0 bridgehead atoms. The van der Waals surface area contributed by atoms with E-state index >= 15 is 0 Å². The lowest BCUT2D eigenvalue weighted by atomic mass is 10.1. The van der Waals surface area contributed by atoms with Crippen LogP contribution >= 0.6 is 12.2 Å². The van der Waals surface area contributed by atoms with E-state index in [2.05, 4.69) is 4.98 Å². The highest BCUT2D eigenvalue weighted by Crippen LogP contribution is 2.19. The van der Waals surface area contributed by atoms with Gasteiger partial charge in [0, 0.05) is 24.5 Å². The second-order valence-electron chi connectivity index (χ2n) is 4.45. The number of hydrogen-bond acceptors (Lipinski definition) is 3. The highest BCUT2D eigenvalue weighted by molar-refractivity contribution is 7.80. The molecule has 0 atom stereocenters. The number of pyridine rings is 1. The van der Waals surface area contributed by atoms with Gasteiger partial charge in [-0.15, -0.1) is 0 Å². The summed E-state index contributed by atoms with van der Waals surface area (Å²) in [5.41, 5.74) is 8.40. The number of benzene rings is 1. The van der Waals surface area contributed by atoms with Crippen LogP contribution in [-0.4, -0.2) is 22.9 Å². The maximum absolute atomic E-state index is 12.4.